The maximum Gasteiger partial charge on any atom is 0.142 e. The third kappa shape index (κ3) is 3.58. The Morgan fingerprint density at radius 1 is 1.30 bits per heavy atom. The monoisotopic (exact) mass is 308 g/mol. The number of aryl methyl sites for hydroxylation is 2. The number of para-hydroxylation sites is 1. The molecule has 0 bridgehead atoms. The highest BCUT2D eigenvalue weighted by Gasteiger charge is 2.20. The highest BCUT2D eigenvalue weighted by molar-refractivity contribution is 5.64. The average molecular weight is 308 g/mol. The lowest BCUT2D eigenvalue weighted by molar-refractivity contribution is 0.413. The molecule has 0 saturated carbocycles. The molecule has 23 heavy (non-hydrogen) atoms. The van der Waals surface area contributed by atoms with E-state index in [1.807, 2.05) is 30.3 Å². The molecule has 1 heterocycles. The van der Waals surface area contributed by atoms with Crippen LogP contribution in [-0.4, -0.2) is 13.2 Å². The van der Waals surface area contributed by atoms with E-state index in [0.717, 1.165) is 37.1 Å². The first-order valence-electron chi connectivity index (χ1n) is 7.86. The molecule has 1 aliphatic heterocycles. The van der Waals surface area contributed by atoms with Crippen molar-refractivity contribution in [2.24, 2.45) is 5.11 Å². The van der Waals surface area contributed by atoms with Crippen LogP contribution in [0.1, 0.15) is 24.0 Å². The molecule has 0 amide bonds. The van der Waals surface area contributed by atoms with Gasteiger partial charge >= 0.3 is 0 Å². The predicted octanol–water partition coefficient (Wildman–Crippen LogP) is 5.00. The molecule has 0 aliphatic carbocycles. The van der Waals surface area contributed by atoms with Crippen LogP contribution in [0.3, 0.4) is 0 Å². The van der Waals surface area contributed by atoms with Crippen LogP contribution in [-0.2, 0) is 12.8 Å². The highest BCUT2D eigenvalue weighted by Crippen LogP contribution is 2.34. The topological polar surface area (TPSA) is 70.0 Å². The van der Waals surface area contributed by atoms with Gasteiger partial charge < -0.3 is 10.1 Å². The molecule has 0 saturated heterocycles. The van der Waals surface area contributed by atoms with E-state index in [4.69, 9.17) is 10.3 Å². The lowest BCUT2D eigenvalue weighted by atomic mass is 9.93. The van der Waals surface area contributed by atoms with E-state index in [1.54, 1.807) is 7.11 Å². The van der Waals surface area contributed by atoms with Crippen LogP contribution in [0.15, 0.2) is 47.6 Å². The molecule has 5 nitrogen and oxygen atoms in total. The number of rotatable bonds is 5. The summed E-state index contributed by atoms with van der Waals surface area (Å²) in [6.07, 6.45) is 4.19. The van der Waals surface area contributed by atoms with Crippen LogP contribution in [0.5, 0.6) is 5.75 Å². The van der Waals surface area contributed by atoms with Gasteiger partial charge in [0.25, 0.3) is 0 Å². The number of hydrogen-bond acceptors (Lipinski definition) is 3. The highest BCUT2D eigenvalue weighted by atomic mass is 16.5. The summed E-state index contributed by atoms with van der Waals surface area (Å²) in [5.41, 5.74) is 12.9. The Balaban J connectivity index is 1.66. The zero-order valence-electron chi connectivity index (χ0n) is 13.2. The van der Waals surface area contributed by atoms with Crippen LogP contribution in [0, 0.1) is 0 Å². The minimum absolute atomic E-state index is 0.432. The summed E-state index contributed by atoms with van der Waals surface area (Å²) in [5, 5.41) is 7.28. The number of azide groups is 1. The first-order valence-corrected chi connectivity index (χ1v) is 7.86. The van der Waals surface area contributed by atoms with E-state index in [-0.39, 0.29) is 0 Å². The summed E-state index contributed by atoms with van der Waals surface area (Å²) in [4.78, 5) is 2.84. The Morgan fingerprint density at radius 2 is 2.17 bits per heavy atom. The molecular weight excluding hydrogens is 288 g/mol. The summed E-state index contributed by atoms with van der Waals surface area (Å²) < 4.78 is 5.46. The first-order chi connectivity index (χ1) is 11.3. The first kappa shape index (κ1) is 15.3. The fourth-order valence-corrected chi connectivity index (χ4v) is 3.11. The summed E-state index contributed by atoms with van der Waals surface area (Å²) in [5.74, 6) is 0.914. The molecule has 2 aromatic carbocycles. The van der Waals surface area contributed by atoms with E-state index in [1.165, 1.54) is 11.1 Å². The zero-order valence-corrected chi connectivity index (χ0v) is 13.2. The Hall–Kier alpha value is -2.65. The van der Waals surface area contributed by atoms with Gasteiger partial charge in [-0.05, 0) is 54.5 Å². The molecular formula is C18H20N4O. The molecule has 3 rings (SSSR count). The van der Waals surface area contributed by atoms with Gasteiger partial charge in [0.1, 0.15) is 5.75 Å². The van der Waals surface area contributed by atoms with Crippen LogP contribution >= 0.6 is 0 Å². The van der Waals surface area contributed by atoms with Gasteiger partial charge in [0.2, 0.25) is 0 Å². The number of fused-ring (bicyclic) bond motifs is 1. The van der Waals surface area contributed by atoms with Gasteiger partial charge in [0.05, 0.1) is 12.8 Å². The van der Waals surface area contributed by atoms with Crippen molar-refractivity contribution in [1.82, 2.24) is 0 Å². The molecule has 1 unspecified atom stereocenters. The summed E-state index contributed by atoms with van der Waals surface area (Å²) in [7, 11) is 1.71. The van der Waals surface area contributed by atoms with Crippen molar-refractivity contribution in [3.63, 3.8) is 0 Å². The Morgan fingerprint density at radius 3 is 3.00 bits per heavy atom. The maximum absolute atomic E-state index is 8.52. The van der Waals surface area contributed by atoms with E-state index in [2.05, 4.69) is 27.5 Å². The number of nitrogens with zero attached hydrogens (tertiary/aromatic N) is 3. The number of ether oxygens (including phenoxy) is 1. The quantitative estimate of drug-likeness (QED) is 0.480. The number of hydrogen-bond donors (Lipinski definition) is 1. The second kappa shape index (κ2) is 7.07. The largest absolute Gasteiger partial charge is 0.495 e. The molecule has 1 N–H and O–H groups in total. The van der Waals surface area contributed by atoms with Crippen molar-refractivity contribution in [3.05, 3.63) is 64.0 Å². The van der Waals surface area contributed by atoms with Crippen molar-refractivity contribution in [2.75, 3.05) is 12.4 Å². The molecule has 118 valence electrons. The number of nitrogens with one attached hydrogen (secondary N) is 1. The van der Waals surface area contributed by atoms with Gasteiger partial charge in [-0.2, -0.15) is 0 Å². The number of benzene rings is 2. The van der Waals surface area contributed by atoms with Gasteiger partial charge in [-0.15, -0.1) is 0 Å². The molecule has 2 aromatic rings. The zero-order chi connectivity index (χ0) is 16.1. The molecule has 0 spiro atoms. The summed E-state index contributed by atoms with van der Waals surface area (Å²) in [6.45, 7) is 0. The fourth-order valence-electron chi connectivity index (χ4n) is 3.11. The van der Waals surface area contributed by atoms with Crippen LogP contribution in [0.4, 0.5) is 11.4 Å². The Bertz CT molecular complexity index is 723. The van der Waals surface area contributed by atoms with Crippen molar-refractivity contribution in [2.45, 2.75) is 31.7 Å². The van der Waals surface area contributed by atoms with Crippen LogP contribution in [0.25, 0.3) is 10.4 Å². The van der Waals surface area contributed by atoms with Gasteiger partial charge in [-0.1, -0.05) is 35.4 Å². The van der Waals surface area contributed by atoms with E-state index in [0.29, 0.717) is 11.7 Å². The van der Waals surface area contributed by atoms with Crippen molar-refractivity contribution in [3.8, 4) is 5.75 Å². The summed E-state index contributed by atoms with van der Waals surface area (Å²) >= 11 is 0. The maximum atomic E-state index is 8.52. The standard InChI is InChI=1S/C18H20N4O/c1-23-17-7-3-5-14-9-11-15(20-18(14)17)10-8-13-4-2-6-16(12-13)21-22-19/h2-7,12,15,20H,8-11H2,1H3. The second-order valence-corrected chi connectivity index (χ2v) is 5.77. The smallest absolute Gasteiger partial charge is 0.142 e. The van der Waals surface area contributed by atoms with Crippen molar-refractivity contribution < 1.29 is 4.74 Å². The molecule has 0 radical (unpaired) electrons. The van der Waals surface area contributed by atoms with Crippen LogP contribution in [0.2, 0.25) is 0 Å². The summed E-state index contributed by atoms with van der Waals surface area (Å²) in [6, 6.07) is 14.4. The van der Waals surface area contributed by atoms with E-state index >= 15 is 0 Å². The van der Waals surface area contributed by atoms with Crippen molar-refractivity contribution in [1.29, 1.82) is 0 Å². The molecule has 5 heteroatoms. The van der Waals surface area contributed by atoms with Gasteiger partial charge in [0, 0.05) is 16.6 Å². The third-order valence-corrected chi connectivity index (χ3v) is 4.30. The predicted molar refractivity (Wildman–Crippen MR) is 92.3 cm³/mol. The third-order valence-electron chi connectivity index (χ3n) is 4.30. The van der Waals surface area contributed by atoms with Crippen LogP contribution < -0.4 is 10.1 Å². The lowest BCUT2D eigenvalue weighted by Crippen LogP contribution is -2.26. The Kier molecular flexibility index (Phi) is 4.69. The lowest BCUT2D eigenvalue weighted by Gasteiger charge is -2.28. The van der Waals surface area contributed by atoms with Gasteiger partial charge in [0.15, 0.2) is 0 Å². The van der Waals surface area contributed by atoms with E-state index in [9.17, 15) is 0 Å². The fraction of sp³-hybridized carbons (Fsp3) is 0.333. The molecule has 0 aromatic heterocycles. The number of methoxy groups -OCH3 is 1. The molecule has 1 aliphatic rings. The molecule has 0 fully saturated rings. The number of anilines is 1. The van der Waals surface area contributed by atoms with Gasteiger partial charge in [-0.3, -0.25) is 0 Å². The van der Waals surface area contributed by atoms with Gasteiger partial charge in [-0.25, -0.2) is 0 Å². The minimum Gasteiger partial charge on any atom is -0.495 e. The molecule has 1 atom stereocenters. The van der Waals surface area contributed by atoms with E-state index < -0.39 is 0 Å². The average Bonchev–Trinajstić information content (AvgIpc) is 2.60. The van der Waals surface area contributed by atoms with Crippen molar-refractivity contribution >= 4 is 11.4 Å². The minimum atomic E-state index is 0.432. The Labute approximate surface area is 135 Å². The normalized spacial score (nSPS) is 16.0. The second-order valence-electron chi connectivity index (χ2n) is 5.77. The SMILES string of the molecule is COc1cccc2c1NC(CCc1cccc(N=[N+]=[N-])c1)CC2.